The quantitative estimate of drug-likeness (QED) is 0.609. The van der Waals surface area contributed by atoms with Crippen LogP contribution in [0, 0.1) is 6.92 Å². The summed E-state index contributed by atoms with van der Waals surface area (Å²) in [5.74, 6) is 1.69. The van der Waals surface area contributed by atoms with Crippen LogP contribution in [0.25, 0.3) is 10.9 Å². The van der Waals surface area contributed by atoms with Crippen LogP contribution in [-0.2, 0) is 0 Å². The molecule has 0 radical (unpaired) electrons. The molecule has 0 aliphatic carbocycles. The minimum Gasteiger partial charge on any atom is -0.368 e. The van der Waals surface area contributed by atoms with Gasteiger partial charge in [0.25, 0.3) is 0 Å². The van der Waals surface area contributed by atoms with Crippen LogP contribution in [0.2, 0.25) is 5.02 Å². The van der Waals surface area contributed by atoms with Crippen LogP contribution in [0.3, 0.4) is 0 Å². The molecule has 0 aliphatic heterocycles. The highest BCUT2D eigenvalue weighted by Gasteiger charge is 2.05. The van der Waals surface area contributed by atoms with Crippen molar-refractivity contribution in [2.45, 2.75) is 6.92 Å². The second-order valence-electron chi connectivity index (χ2n) is 5.20. The highest BCUT2D eigenvalue weighted by atomic mass is 79.9. The van der Waals surface area contributed by atoms with Crippen molar-refractivity contribution in [2.24, 2.45) is 0 Å². The average Bonchev–Trinajstić information content (AvgIpc) is 2.57. The zero-order valence-corrected chi connectivity index (χ0v) is 14.9. The summed E-state index contributed by atoms with van der Waals surface area (Å²) in [7, 11) is 0. The number of hydrogen-bond donors (Lipinski definition) is 2. The third-order valence-corrected chi connectivity index (χ3v) is 4.37. The van der Waals surface area contributed by atoms with Gasteiger partial charge >= 0.3 is 0 Å². The van der Waals surface area contributed by atoms with E-state index in [0.717, 1.165) is 45.7 Å². The monoisotopic (exact) mass is 390 g/mol. The molecular weight excluding hydrogens is 376 g/mol. The van der Waals surface area contributed by atoms with Crippen molar-refractivity contribution in [3.63, 3.8) is 0 Å². The Morgan fingerprint density at radius 3 is 2.48 bits per heavy atom. The number of hydrogen-bond acceptors (Lipinski definition) is 4. The SMILES string of the molecule is Cc1ccc(NCCNc2ccc3c(Cl)ccc(Br)c3n2)nc1. The van der Waals surface area contributed by atoms with E-state index in [2.05, 4.69) is 36.5 Å². The maximum atomic E-state index is 6.19. The summed E-state index contributed by atoms with van der Waals surface area (Å²) in [4.78, 5) is 8.92. The number of aryl methyl sites for hydroxylation is 1. The molecule has 0 saturated heterocycles. The summed E-state index contributed by atoms with van der Waals surface area (Å²) >= 11 is 9.70. The lowest BCUT2D eigenvalue weighted by molar-refractivity contribution is 1.05. The molecule has 3 aromatic rings. The van der Waals surface area contributed by atoms with Gasteiger partial charge < -0.3 is 10.6 Å². The van der Waals surface area contributed by atoms with Gasteiger partial charge in [-0.15, -0.1) is 0 Å². The number of benzene rings is 1. The van der Waals surface area contributed by atoms with Crippen molar-refractivity contribution in [2.75, 3.05) is 23.7 Å². The fourth-order valence-electron chi connectivity index (χ4n) is 2.20. The van der Waals surface area contributed by atoms with Crippen molar-refractivity contribution in [3.05, 3.63) is 57.7 Å². The van der Waals surface area contributed by atoms with E-state index in [4.69, 9.17) is 11.6 Å². The molecule has 0 aliphatic rings. The van der Waals surface area contributed by atoms with E-state index in [9.17, 15) is 0 Å². The van der Waals surface area contributed by atoms with Crippen LogP contribution in [-0.4, -0.2) is 23.1 Å². The molecule has 0 amide bonds. The predicted octanol–water partition coefficient (Wildman–Crippen LogP) is 4.88. The number of nitrogens with zero attached hydrogens (tertiary/aromatic N) is 2. The molecule has 0 unspecified atom stereocenters. The molecule has 2 N–H and O–H groups in total. The Morgan fingerprint density at radius 1 is 1.00 bits per heavy atom. The number of fused-ring (bicyclic) bond motifs is 1. The summed E-state index contributed by atoms with van der Waals surface area (Å²) in [6.45, 7) is 3.52. The van der Waals surface area contributed by atoms with Gasteiger partial charge in [-0.2, -0.15) is 0 Å². The Morgan fingerprint density at radius 2 is 1.74 bits per heavy atom. The summed E-state index contributed by atoms with van der Waals surface area (Å²) in [6.07, 6.45) is 1.85. The summed E-state index contributed by atoms with van der Waals surface area (Å²) in [6, 6.07) is 11.7. The van der Waals surface area contributed by atoms with Gasteiger partial charge in [0.1, 0.15) is 11.6 Å². The maximum Gasteiger partial charge on any atom is 0.126 e. The Balaban J connectivity index is 1.61. The molecule has 0 spiro atoms. The Kier molecular flexibility index (Phi) is 4.98. The smallest absolute Gasteiger partial charge is 0.126 e. The molecule has 1 aromatic carbocycles. The van der Waals surface area contributed by atoms with Crippen molar-refractivity contribution < 1.29 is 0 Å². The van der Waals surface area contributed by atoms with Crippen LogP contribution in [0.15, 0.2) is 47.1 Å². The van der Waals surface area contributed by atoms with Crippen LogP contribution >= 0.6 is 27.5 Å². The number of rotatable bonds is 5. The molecule has 0 fully saturated rings. The van der Waals surface area contributed by atoms with E-state index in [0.29, 0.717) is 5.02 Å². The van der Waals surface area contributed by atoms with Gasteiger partial charge in [0.2, 0.25) is 0 Å². The zero-order chi connectivity index (χ0) is 16.2. The summed E-state index contributed by atoms with van der Waals surface area (Å²) in [5, 5.41) is 8.21. The largest absolute Gasteiger partial charge is 0.368 e. The lowest BCUT2D eigenvalue weighted by atomic mass is 10.2. The van der Waals surface area contributed by atoms with Crippen molar-refractivity contribution in [1.29, 1.82) is 0 Å². The van der Waals surface area contributed by atoms with Gasteiger partial charge in [0.05, 0.1) is 10.5 Å². The first-order chi connectivity index (χ1) is 11.1. The van der Waals surface area contributed by atoms with E-state index < -0.39 is 0 Å². The molecule has 0 atom stereocenters. The normalized spacial score (nSPS) is 10.7. The number of halogens is 2. The second-order valence-corrected chi connectivity index (χ2v) is 6.46. The minimum absolute atomic E-state index is 0.703. The zero-order valence-electron chi connectivity index (χ0n) is 12.6. The van der Waals surface area contributed by atoms with E-state index in [1.165, 1.54) is 0 Å². The lowest BCUT2D eigenvalue weighted by Crippen LogP contribution is -2.14. The predicted molar refractivity (Wildman–Crippen MR) is 100 cm³/mol. The Hall–Kier alpha value is -1.85. The first-order valence-electron chi connectivity index (χ1n) is 7.28. The van der Waals surface area contributed by atoms with Gasteiger partial charge in [0.15, 0.2) is 0 Å². The first kappa shape index (κ1) is 16.0. The molecule has 0 bridgehead atoms. The van der Waals surface area contributed by atoms with E-state index in [1.54, 1.807) is 0 Å². The number of aromatic nitrogens is 2. The standard InChI is InChI=1S/C17H16BrClN4/c1-11-2-6-15(22-10-11)20-8-9-21-16-7-3-12-14(19)5-4-13(18)17(12)23-16/h2-7,10H,8-9H2,1H3,(H,20,22)(H,21,23). The van der Waals surface area contributed by atoms with Crippen LogP contribution in [0.1, 0.15) is 5.56 Å². The third-order valence-electron chi connectivity index (χ3n) is 3.40. The molecule has 3 rings (SSSR count). The molecule has 4 nitrogen and oxygen atoms in total. The van der Waals surface area contributed by atoms with Crippen LogP contribution in [0.5, 0.6) is 0 Å². The van der Waals surface area contributed by atoms with Gasteiger partial charge in [-0.1, -0.05) is 17.7 Å². The Bertz CT molecular complexity index is 821. The molecule has 118 valence electrons. The molecule has 2 aromatic heterocycles. The molecular formula is C17H16BrClN4. The molecule has 2 heterocycles. The van der Waals surface area contributed by atoms with Crippen LogP contribution in [0.4, 0.5) is 11.6 Å². The van der Waals surface area contributed by atoms with Crippen molar-refractivity contribution >= 4 is 50.1 Å². The van der Waals surface area contributed by atoms with Crippen molar-refractivity contribution in [3.8, 4) is 0 Å². The number of nitrogens with one attached hydrogen (secondary N) is 2. The topological polar surface area (TPSA) is 49.8 Å². The highest BCUT2D eigenvalue weighted by Crippen LogP contribution is 2.29. The lowest BCUT2D eigenvalue weighted by Gasteiger charge is -2.09. The number of pyridine rings is 2. The fourth-order valence-corrected chi connectivity index (χ4v) is 2.85. The van der Waals surface area contributed by atoms with E-state index in [-0.39, 0.29) is 0 Å². The van der Waals surface area contributed by atoms with Gasteiger partial charge in [0, 0.05) is 29.1 Å². The molecule has 0 saturated carbocycles. The third kappa shape index (κ3) is 3.92. The van der Waals surface area contributed by atoms with Crippen LogP contribution < -0.4 is 10.6 Å². The Labute approximate surface area is 148 Å². The van der Waals surface area contributed by atoms with E-state index in [1.807, 2.05) is 49.5 Å². The van der Waals surface area contributed by atoms with Crippen molar-refractivity contribution in [1.82, 2.24) is 9.97 Å². The summed E-state index contributed by atoms with van der Waals surface area (Å²) < 4.78 is 0.933. The number of anilines is 2. The van der Waals surface area contributed by atoms with Gasteiger partial charge in [-0.3, -0.25) is 0 Å². The average molecular weight is 392 g/mol. The maximum absolute atomic E-state index is 6.19. The second kappa shape index (κ2) is 7.15. The summed E-state index contributed by atoms with van der Waals surface area (Å²) in [5.41, 5.74) is 2.01. The van der Waals surface area contributed by atoms with Gasteiger partial charge in [-0.25, -0.2) is 9.97 Å². The molecule has 23 heavy (non-hydrogen) atoms. The van der Waals surface area contributed by atoms with Gasteiger partial charge in [-0.05, 0) is 58.7 Å². The molecule has 6 heteroatoms. The fraction of sp³-hybridized carbons (Fsp3) is 0.176. The first-order valence-corrected chi connectivity index (χ1v) is 8.46. The highest BCUT2D eigenvalue weighted by molar-refractivity contribution is 9.10. The van der Waals surface area contributed by atoms with E-state index >= 15 is 0 Å². The minimum atomic E-state index is 0.703.